The number of benzene rings is 2. The zero-order valence-electron chi connectivity index (χ0n) is 13.8. The molecule has 1 aromatic heterocycles. The van der Waals surface area contributed by atoms with Crippen molar-refractivity contribution in [3.8, 4) is 5.75 Å². The van der Waals surface area contributed by atoms with Crippen LogP contribution in [0.5, 0.6) is 5.75 Å². The number of thiazole rings is 1. The summed E-state index contributed by atoms with van der Waals surface area (Å²) in [7, 11) is 0. The minimum absolute atomic E-state index is 0.0666. The van der Waals surface area contributed by atoms with Crippen molar-refractivity contribution in [2.24, 2.45) is 0 Å². The molecule has 1 amide bonds. The van der Waals surface area contributed by atoms with Gasteiger partial charge in [0.05, 0.1) is 0 Å². The highest BCUT2D eigenvalue weighted by atomic mass is 35.5. The van der Waals surface area contributed by atoms with Crippen LogP contribution in [0.25, 0.3) is 0 Å². The van der Waals surface area contributed by atoms with E-state index < -0.39 is 6.61 Å². The molecule has 0 unspecified atom stereocenters. The Balaban J connectivity index is 1.55. The van der Waals surface area contributed by atoms with Crippen LogP contribution in [0.4, 0.5) is 19.6 Å². The first kappa shape index (κ1) is 19.1. The number of hydrogen-bond donors (Lipinski definition) is 2. The van der Waals surface area contributed by atoms with Gasteiger partial charge in [-0.1, -0.05) is 23.7 Å². The number of hydrogen-bond acceptors (Lipinski definition) is 5. The van der Waals surface area contributed by atoms with Crippen molar-refractivity contribution in [1.82, 2.24) is 10.3 Å². The van der Waals surface area contributed by atoms with E-state index in [0.717, 1.165) is 5.56 Å². The Morgan fingerprint density at radius 1 is 1.15 bits per heavy atom. The summed E-state index contributed by atoms with van der Waals surface area (Å²) in [5.74, 6) is -0.230. The van der Waals surface area contributed by atoms with Gasteiger partial charge in [0.15, 0.2) is 5.13 Å². The first-order chi connectivity index (χ1) is 13.0. The fourth-order valence-corrected chi connectivity index (χ4v) is 2.99. The molecule has 0 bridgehead atoms. The summed E-state index contributed by atoms with van der Waals surface area (Å²) >= 11 is 7.09. The summed E-state index contributed by atoms with van der Waals surface area (Å²) < 4.78 is 28.6. The number of aromatic nitrogens is 1. The van der Waals surface area contributed by atoms with Crippen LogP contribution >= 0.6 is 22.9 Å². The number of amides is 1. The van der Waals surface area contributed by atoms with Crippen molar-refractivity contribution in [2.75, 3.05) is 5.32 Å². The molecule has 0 aliphatic rings. The first-order valence-corrected chi connectivity index (χ1v) is 9.05. The molecule has 0 aliphatic carbocycles. The Morgan fingerprint density at radius 2 is 1.85 bits per heavy atom. The largest absolute Gasteiger partial charge is 0.435 e. The van der Waals surface area contributed by atoms with E-state index in [2.05, 4.69) is 20.4 Å². The van der Waals surface area contributed by atoms with Crippen LogP contribution in [-0.2, 0) is 6.54 Å². The highest BCUT2D eigenvalue weighted by molar-refractivity contribution is 7.14. The number of nitrogens with zero attached hydrogens (tertiary/aromatic N) is 1. The molecule has 27 heavy (non-hydrogen) atoms. The molecule has 140 valence electrons. The molecule has 0 saturated heterocycles. The third kappa shape index (κ3) is 5.63. The van der Waals surface area contributed by atoms with Gasteiger partial charge in [-0.15, -0.1) is 11.3 Å². The minimum atomic E-state index is -2.86. The number of anilines is 2. The predicted molar refractivity (Wildman–Crippen MR) is 101 cm³/mol. The summed E-state index contributed by atoms with van der Waals surface area (Å²) in [5.41, 5.74) is 1.85. The molecule has 0 saturated carbocycles. The molecule has 3 rings (SSSR count). The smallest absolute Gasteiger partial charge is 0.387 e. The Kier molecular flexibility index (Phi) is 6.20. The third-order valence-electron chi connectivity index (χ3n) is 3.43. The van der Waals surface area contributed by atoms with Gasteiger partial charge in [-0.3, -0.25) is 4.79 Å². The van der Waals surface area contributed by atoms with Crippen molar-refractivity contribution in [3.63, 3.8) is 0 Å². The van der Waals surface area contributed by atoms with Gasteiger partial charge in [-0.05, 0) is 42.0 Å². The molecular formula is C18H14ClF2N3O2S. The van der Waals surface area contributed by atoms with Gasteiger partial charge in [0, 0.05) is 22.6 Å². The molecule has 0 atom stereocenters. The van der Waals surface area contributed by atoms with Crippen LogP contribution in [0.1, 0.15) is 16.1 Å². The van der Waals surface area contributed by atoms with Gasteiger partial charge in [0.1, 0.15) is 11.4 Å². The maximum Gasteiger partial charge on any atom is 0.387 e. The van der Waals surface area contributed by atoms with Gasteiger partial charge in [0.2, 0.25) is 0 Å². The lowest BCUT2D eigenvalue weighted by Crippen LogP contribution is -2.23. The molecule has 0 aliphatic heterocycles. The van der Waals surface area contributed by atoms with Crippen LogP contribution in [0.3, 0.4) is 0 Å². The zero-order valence-corrected chi connectivity index (χ0v) is 15.4. The molecular weight excluding hydrogens is 396 g/mol. The maximum absolute atomic E-state index is 12.2. The number of nitrogens with one attached hydrogen (secondary N) is 2. The summed E-state index contributed by atoms with van der Waals surface area (Å²) in [6, 6.07) is 13.2. The average Bonchev–Trinajstić information content (AvgIpc) is 3.11. The van der Waals surface area contributed by atoms with E-state index in [9.17, 15) is 13.6 Å². The van der Waals surface area contributed by atoms with Gasteiger partial charge >= 0.3 is 6.61 Å². The number of alkyl halides is 2. The van der Waals surface area contributed by atoms with Crippen molar-refractivity contribution >= 4 is 39.7 Å². The number of halogens is 3. The van der Waals surface area contributed by atoms with Crippen LogP contribution < -0.4 is 15.4 Å². The second kappa shape index (κ2) is 8.79. The third-order valence-corrected chi connectivity index (χ3v) is 4.44. The lowest BCUT2D eigenvalue weighted by molar-refractivity contribution is -0.0498. The van der Waals surface area contributed by atoms with Crippen LogP contribution in [-0.4, -0.2) is 17.5 Å². The monoisotopic (exact) mass is 409 g/mol. The van der Waals surface area contributed by atoms with Crippen LogP contribution in [0, 0.1) is 0 Å². The van der Waals surface area contributed by atoms with Gasteiger partial charge < -0.3 is 15.4 Å². The normalized spacial score (nSPS) is 10.7. The van der Waals surface area contributed by atoms with E-state index in [0.29, 0.717) is 22.4 Å². The van der Waals surface area contributed by atoms with E-state index >= 15 is 0 Å². The second-order valence-electron chi connectivity index (χ2n) is 5.37. The van der Waals surface area contributed by atoms with E-state index in [4.69, 9.17) is 11.6 Å². The standard InChI is InChI=1S/C18H14ClF2N3O2S/c19-12-3-1-11(2-4-12)9-22-16(25)15-10-27-18(24-15)23-13-5-7-14(8-6-13)26-17(20)21/h1-8,10,17H,9H2,(H,22,25)(H,23,24). The lowest BCUT2D eigenvalue weighted by atomic mass is 10.2. The first-order valence-electron chi connectivity index (χ1n) is 7.79. The van der Waals surface area contributed by atoms with Gasteiger partial charge in [-0.25, -0.2) is 4.98 Å². The molecule has 5 nitrogen and oxygen atoms in total. The Morgan fingerprint density at radius 3 is 2.52 bits per heavy atom. The van der Waals surface area contributed by atoms with Crippen LogP contribution in [0.15, 0.2) is 53.9 Å². The molecule has 0 spiro atoms. The highest BCUT2D eigenvalue weighted by Gasteiger charge is 2.11. The van der Waals surface area contributed by atoms with Crippen molar-refractivity contribution in [3.05, 3.63) is 70.2 Å². The second-order valence-corrected chi connectivity index (χ2v) is 6.67. The Bertz CT molecular complexity index is 902. The highest BCUT2D eigenvalue weighted by Crippen LogP contribution is 2.23. The van der Waals surface area contributed by atoms with E-state index in [1.807, 2.05) is 12.1 Å². The van der Waals surface area contributed by atoms with Crippen molar-refractivity contribution in [2.45, 2.75) is 13.2 Å². The van der Waals surface area contributed by atoms with E-state index in [-0.39, 0.29) is 17.4 Å². The van der Waals surface area contributed by atoms with E-state index in [1.54, 1.807) is 29.6 Å². The molecule has 9 heteroatoms. The summed E-state index contributed by atoms with van der Waals surface area (Å²) in [5, 5.41) is 8.57. The topological polar surface area (TPSA) is 63.2 Å². The van der Waals surface area contributed by atoms with Crippen molar-refractivity contribution < 1.29 is 18.3 Å². The quantitative estimate of drug-likeness (QED) is 0.571. The zero-order chi connectivity index (χ0) is 19.2. The van der Waals surface area contributed by atoms with Gasteiger partial charge in [0.25, 0.3) is 5.91 Å². The fourth-order valence-electron chi connectivity index (χ4n) is 2.15. The number of ether oxygens (including phenoxy) is 1. The molecule has 0 fully saturated rings. The summed E-state index contributed by atoms with van der Waals surface area (Å²) in [4.78, 5) is 16.4. The van der Waals surface area contributed by atoms with E-state index in [1.165, 1.54) is 23.5 Å². The Labute approximate surface area is 163 Å². The summed E-state index contributed by atoms with van der Waals surface area (Å²) in [6.45, 7) is -2.50. The fraction of sp³-hybridized carbons (Fsp3) is 0.111. The maximum atomic E-state index is 12.2. The SMILES string of the molecule is O=C(NCc1ccc(Cl)cc1)c1csc(Nc2ccc(OC(F)F)cc2)n1. The average molecular weight is 410 g/mol. The minimum Gasteiger partial charge on any atom is -0.435 e. The molecule has 2 aromatic carbocycles. The number of carbonyl (C=O) groups excluding carboxylic acids is 1. The molecule has 1 heterocycles. The van der Waals surface area contributed by atoms with Gasteiger partial charge in [-0.2, -0.15) is 8.78 Å². The van der Waals surface area contributed by atoms with Crippen LogP contribution in [0.2, 0.25) is 5.02 Å². The molecule has 3 aromatic rings. The lowest BCUT2D eigenvalue weighted by Gasteiger charge is -2.06. The predicted octanol–water partition coefficient (Wildman–Crippen LogP) is 5.07. The van der Waals surface area contributed by atoms with Crippen molar-refractivity contribution in [1.29, 1.82) is 0 Å². The molecule has 0 radical (unpaired) electrons. The molecule has 2 N–H and O–H groups in total. The number of rotatable bonds is 7. The number of carbonyl (C=O) groups is 1. The summed E-state index contributed by atoms with van der Waals surface area (Å²) in [6.07, 6.45) is 0. The Hall–Kier alpha value is -2.71.